The normalized spacial score (nSPS) is 14.0. The second-order valence-electron chi connectivity index (χ2n) is 5.46. The van der Waals surface area contributed by atoms with Crippen LogP contribution in [0.2, 0.25) is 0 Å². The zero-order valence-electron chi connectivity index (χ0n) is 12.1. The van der Waals surface area contributed by atoms with E-state index in [-0.39, 0.29) is 0 Å². The van der Waals surface area contributed by atoms with Crippen LogP contribution in [-0.2, 0) is 25.1 Å². The Bertz CT molecular complexity index is 596. The minimum absolute atomic E-state index is 0.502. The number of thiazole rings is 1. The van der Waals surface area contributed by atoms with E-state index in [4.69, 9.17) is 16.3 Å². The van der Waals surface area contributed by atoms with Crippen molar-refractivity contribution in [1.29, 1.82) is 0 Å². The molecule has 0 N–H and O–H groups in total. The molecule has 0 saturated carbocycles. The van der Waals surface area contributed by atoms with Crippen molar-refractivity contribution < 1.29 is 4.74 Å². The number of hydrogen-bond acceptors (Lipinski definition) is 3. The summed E-state index contributed by atoms with van der Waals surface area (Å²) in [6.45, 7) is 0.745. The van der Waals surface area contributed by atoms with Crippen molar-refractivity contribution >= 4 is 22.9 Å². The van der Waals surface area contributed by atoms with Crippen LogP contribution in [0.3, 0.4) is 0 Å². The Morgan fingerprint density at radius 1 is 1.19 bits per heavy atom. The van der Waals surface area contributed by atoms with Gasteiger partial charge >= 0.3 is 0 Å². The van der Waals surface area contributed by atoms with E-state index in [1.165, 1.54) is 36.8 Å². The molecule has 2 aromatic rings. The van der Waals surface area contributed by atoms with Crippen LogP contribution in [0.1, 0.15) is 41.1 Å². The number of fused-ring (bicyclic) bond motifs is 1. The molecule has 1 aromatic heterocycles. The summed E-state index contributed by atoms with van der Waals surface area (Å²) in [7, 11) is 0. The molecule has 1 aromatic carbocycles. The molecule has 0 bridgehead atoms. The third-order valence-electron chi connectivity index (χ3n) is 3.86. The van der Waals surface area contributed by atoms with E-state index >= 15 is 0 Å². The van der Waals surface area contributed by atoms with E-state index in [0.29, 0.717) is 5.88 Å². The van der Waals surface area contributed by atoms with Crippen molar-refractivity contribution in [3.05, 3.63) is 45.4 Å². The Hall–Kier alpha value is -1.06. The molecule has 0 radical (unpaired) electrons. The lowest BCUT2D eigenvalue weighted by Gasteiger charge is -2.16. The van der Waals surface area contributed by atoms with Gasteiger partial charge in [-0.05, 0) is 55.4 Å². The molecule has 0 amide bonds. The topological polar surface area (TPSA) is 22.1 Å². The van der Waals surface area contributed by atoms with Gasteiger partial charge in [-0.15, -0.1) is 22.9 Å². The number of hydrogen-bond donors (Lipinski definition) is 0. The molecule has 0 unspecified atom stereocenters. The van der Waals surface area contributed by atoms with Crippen LogP contribution in [-0.4, -0.2) is 11.6 Å². The Morgan fingerprint density at radius 3 is 2.86 bits per heavy atom. The van der Waals surface area contributed by atoms with Crippen molar-refractivity contribution in [2.24, 2.45) is 0 Å². The van der Waals surface area contributed by atoms with Crippen molar-refractivity contribution in [3.8, 4) is 5.75 Å². The molecule has 4 heteroatoms. The zero-order valence-corrected chi connectivity index (χ0v) is 13.7. The van der Waals surface area contributed by atoms with Gasteiger partial charge in [0.1, 0.15) is 5.75 Å². The van der Waals surface area contributed by atoms with Crippen LogP contribution in [0.4, 0.5) is 0 Å². The fraction of sp³-hybridized carbons (Fsp3) is 0.471. The lowest BCUT2D eigenvalue weighted by Crippen LogP contribution is -2.04. The fourth-order valence-corrected chi connectivity index (χ4v) is 3.81. The second-order valence-corrected chi connectivity index (χ2v) is 6.67. The smallest absolute Gasteiger partial charge is 0.119 e. The van der Waals surface area contributed by atoms with E-state index in [0.717, 1.165) is 35.9 Å². The third-order valence-corrected chi connectivity index (χ3v) is 5.09. The highest BCUT2D eigenvalue weighted by atomic mass is 35.5. The lowest BCUT2D eigenvalue weighted by molar-refractivity contribution is 0.310. The maximum atomic E-state index is 5.88. The summed E-state index contributed by atoms with van der Waals surface area (Å²) < 4.78 is 5.88. The number of benzene rings is 1. The second kappa shape index (κ2) is 7.28. The van der Waals surface area contributed by atoms with Gasteiger partial charge in [0.05, 0.1) is 23.2 Å². The Balaban J connectivity index is 1.47. The summed E-state index contributed by atoms with van der Waals surface area (Å²) >= 11 is 7.45. The van der Waals surface area contributed by atoms with Gasteiger partial charge in [0.2, 0.25) is 0 Å². The Labute approximate surface area is 135 Å². The average Bonchev–Trinajstić information content (AvgIpc) is 2.99. The van der Waals surface area contributed by atoms with Crippen molar-refractivity contribution in [2.75, 3.05) is 6.61 Å². The van der Waals surface area contributed by atoms with Crippen molar-refractivity contribution in [1.82, 2.24) is 4.98 Å². The summed E-state index contributed by atoms with van der Waals surface area (Å²) in [4.78, 5) is 4.46. The first-order chi connectivity index (χ1) is 10.3. The number of nitrogens with zero attached hydrogens (tertiary/aromatic N) is 1. The molecular weight excluding hydrogens is 302 g/mol. The standard InChI is InChI=1S/C17H20ClNOS/c18-11-15-12-21-17(19-15)6-3-9-20-16-8-7-13-4-1-2-5-14(13)10-16/h7-8,10,12H,1-6,9,11H2. The number of alkyl halides is 1. The third kappa shape index (κ3) is 3.98. The van der Waals surface area contributed by atoms with Crippen LogP contribution in [0.5, 0.6) is 5.75 Å². The average molecular weight is 322 g/mol. The Morgan fingerprint density at radius 2 is 2.05 bits per heavy atom. The molecule has 0 fully saturated rings. The van der Waals surface area contributed by atoms with Crippen LogP contribution in [0.15, 0.2) is 23.6 Å². The molecular formula is C17H20ClNOS. The predicted octanol–water partition coefficient (Wildman–Crippen LogP) is 4.77. The summed E-state index contributed by atoms with van der Waals surface area (Å²) in [5, 5.41) is 3.19. The van der Waals surface area contributed by atoms with Gasteiger partial charge in [0.15, 0.2) is 0 Å². The van der Waals surface area contributed by atoms with Crippen LogP contribution < -0.4 is 4.74 Å². The number of aromatic nitrogens is 1. The molecule has 0 aliphatic heterocycles. The molecule has 0 saturated heterocycles. The SMILES string of the molecule is ClCc1csc(CCCOc2ccc3c(c2)CCCC3)n1. The first kappa shape index (κ1) is 14.9. The highest BCUT2D eigenvalue weighted by Gasteiger charge is 2.09. The first-order valence-electron chi connectivity index (χ1n) is 7.59. The Kier molecular flexibility index (Phi) is 5.15. The molecule has 1 aliphatic rings. The molecule has 0 atom stereocenters. The molecule has 1 heterocycles. The van der Waals surface area contributed by atoms with E-state index in [9.17, 15) is 0 Å². The summed E-state index contributed by atoms with van der Waals surface area (Å²) in [6.07, 6.45) is 7.02. The summed E-state index contributed by atoms with van der Waals surface area (Å²) in [6, 6.07) is 6.57. The van der Waals surface area contributed by atoms with Crippen LogP contribution >= 0.6 is 22.9 Å². The zero-order chi connectivity index (χ0) is 14.5. The quantitative estimate of drug-likeness (QED) is 0.564. The van der Waals surface area contributed by atoms with Crippen LogP contribution in [0.25, 0.3) is 0 Å². The van der Waals surface area contributed by atoms with Gasteiger partial charge in [0.25, 0.3) is 0 Å². The van der Waals surface area contributed by atoms with Crippen molar-refractivity contribution in [3.63, 3.8) is 0 Å². The minimum Gasteiger partial charge on any atom is -0.494 e. The predicted molar refractivity (Wildman–Crippen MR) is 88.6 cm³/mol. The number of halogens is 1. The summed E-state index contributed by atoms with van der Waals surface area (Å²) in [5.41, 5.74) is 3.96. The minimum atomic E-state index is 0.502. The van der Waals surface area contributed by atoms with Gasteiger partial charge in [-0.2, -0.15) is 0 Å². The molecule has 0 spiro atoms. The number of ether oxygens (including phenoxy) is 1. The number of aryl methyl sites for hydroxylation is 3. The lowest BCUT2D eigenvalue weighted by atomic mass is 9.92. The monoisotopic (exact) mass is 321 g/mol. The molecule has 2 nitrogen and oxygen atoms in total. The first-order valence-corrected chi connectivity index (χ1v) is 9.00. The van der Waals surface area contributed by atoms with E-state index in [2.05, 4.69) is 23.2 Å². The van der Waals surface area contributed by atoms with E-state index in [1.54, 1.807) is 11.3 Å². The van der Waals surface area contributed by atoms with Gasteiger partial charge < -0.3 is 4.74 Å². The van der Waals surface area contributed by atoms with E-state index in [1.807, 2.05) is 5.38 Å². The molecule has 112 valence electrons. The maximum Gasteiger partial charge on any atom is 0.119 e. The maximum absolute atomic E-state index is 5.88. The van der Waals surface area contributed by atoms with Gasteiger partial charge in [-0.25, -0.2) is 4.98 Å². The highest BCUT2D eigenvalue weighted by molar-refractivity contribution is 7.09. The summed E-state index contributed by atoms with van der Waals surface area (Å²) in [5.74, 6) is 1.51. The van der Waals surface area contributed by atoms with Gasteiger partial charge in [-0.3, -0.25) is 0 Å². The molecule has 21 heavy (non-hydrogen) atoms. The van der Waals surface area contributed by atoms with E-state index < -0.39 is 0 Å². The highest BCUT2D eigenvalue weighted by Crippen LogP contribution is 2.25. The van der Waals surface area contributed by atoms with Gasteiger partial charge in [0, 0.05) is 11.8 Å². The van der Waals surface area contributed by atoms with Crippen molar-refractivity contribution in [2.45, 2.75) is 44.4 Å². The van der Waals surface area contributed by atoms with Crippen LogP contribution in [0, 0.1) is 0 Å². The molecule has 3 rings (SSSR count). The fourth-order valence-electron chi connectivity index (χ4n) is 2.74. The number of rotatable bonds is 6. The van der Waals surface area contributed by atoms with Gasteiger partial charge in [-0.1, -0.05) is 6.07 Å². The largest absolute Gasteiger partial charge is 0.494 e. The molecule has 1 aliphatic carbocycles.